The van der Waals surface area contributed by atoms with Crippen LogP contribution in [0.25, 0.3) is 0 Å². The molecule has 1 saturated heterocycles. The molecule has 3 heterocycles. The highest BCUT2D eigenvalue weighted by Crippen LogP contribution is 2.06. The van der Waals surface area contributed by atoms with E-state index < -0.39 is 0 Å². The molecule has 0 saturated carbocycles. The van der Waals surface area contributed by atoms with Crippen LogP contribution in [0.1, 0.15) is 17.1 Å². The lowest BCUT2D eigenvalue weighted by molar-refractivity contribution is 0.121. The maximum atomic E-state index is 11.8. The highest BCUT2D eigenvalue weighted by Gasteiger charge is 2.17. The number of hydrogen-bond donors (Lipinski definition) is 0. The molecule has 2 aromatic heterocycles. The Morgan fingerprint density at radius 2 is 1.71 bits per heavy atom. The van der Waals surface area contributed by atoms with Gasteiger partial charge in [0.15, 0.2) is 0 Å². The Bertz CT molecular complexity index is 736. The van der Waals surface area contributed by atoms with E-state index in [2.05, 4.69) is 24.9 Å². The second kappa shape index (κ2) is 7.63. The van der Waals surface area contributed by atoms with E-state index in [-0.39, 0.29) is 5.56 Å². The largest absolute Gasteiger partial charge is 0.299 e. The molecular weight excluding hydrogens is 304 g/mol. The summed E-state index contributed by atoms with van der Waals surface area (Å²) in [6.07, 6.45) is 3.62. The molecule has 0 unspecified atom stereocenters. The van der Waals surface area contributed by atoms with Gasteiger partial charge in [0.05, 0.1) is 23.6 Å². The van der Waals surface area contributed by atoms with Gasteiger partial charge in [0, 0.05) is 57.7 Å². The van der Waals surface area contributed by atoms with E-state index in [9.17, 15) is 4.79 Å². The van der Waals surface area contributed by atoms with Crippen molar-refractivity contribution < 1.29 is 0 Å². The van der Waals surface area contributed by atoms with Crippen LogP contribution in [0.4, 0.5) is 0 Å². The van der Waals surface area contributed by atoms with Crippen LogP contribution in [0, 0.1) is 13.8 Å². The van der Waals surface area contributed by atoms with Crippen LogP contribution < -0.4 is 5.56 Å². The normalized spacial score (nSPS) is 16.4. The van der Waals surface area contributed by atoms with E-state index in [1.807, 2.05) is 20.0 Å². The smallest absolute Gasteiger partial charge is 0.266 e. The van der Waals surface area contributed by atoms with Gasteiger partial charge in [-0.3, -0.25) is 24.6 Å². The van der Waals surface area contributed by atoms with Crippen molar-refractivity contribution in [3.05, 3.63) is 52.0 Å². The summed E-state index contributed by atoms with van der Waals surface area (Å²) in [7, 11) is 0. The molecule has 1 aliphatic heterocycles. The predicted molar refractivity (Wildman–Crippen MR) is 91.7 cm³/mol. The zero-order chi connectivity index (χ0) is 16.9. The third-order valence-electron chi connectivity index (χ3n) is 4.28. The highest BCUT2D eigenvalue weighted by atomic mass is 16.1. The third kappa shape index (κ3) is 4.46. The fourth-order valence-electron chi connectivity index (χ4n) is 2.94. The molecule has 0 aromatic carbocycles. The summed E-state index contributed by atoms with van der Waals surface area (Å²) in [5, 5.41) is 4.29. The van der Waals surface area contributed by atoms with Crippen molar-refractivity contribution in [1.82, 2.24) is 29.5 Å². The monoisotopic (exact) mass is 328 g/mol. The molecule has 24 heavy (non-hydrogen) atoms. The number of aromatic nitrogens is 4. The highest BCUT2D eigenvalue weighted by molar-refractivity contribution is 5.01. The molecule has 0 radical (unpaired) electrons. The van der Waals surface area contributed by atoms with Gasteiger partial charge in [0.2, 0.25) is 0 Å². The van der Waals surface area contributed by atoms with E-state index in [0.717, 1.165) is 56.4 Å². The van der Waals surface area contributed by atoms with Gasteiger partial charge in [-0.15, -0.1) is 0 Å². The van der Waals surface area contributed by atoms with Crippen molar-refractivity contribution in [2.75, 3.05) is 32.7 Å². The summed E-state index contributed by atoms with van der Waals surface area (Å²) in [6.45, 7) is 10.2. The Labute approximate surface area is 142 Å². The molecule has 0 spiro atoms. The van der Waals surface area contributed by atoms with Crippen molar-refractivity contribution in [1.29, 1.82) is 0 Å². The molecule has 0 N–H and O–H groups in total. The van der Waals surface area contributed by atoms with Crippen LogP contribution in [0.3, 0.4) is 0 Å². The van der Waals surface area contributed by atoms with E-state index in [0.29, 0.717) is 6.54 Å². The Hall–Kier alpha value is -2.12. The molecule has 0 bridgehead atoms. The molecule has 3 rings (SSSR count). The van der Waals surface area contributed by atoms with Gasteiger partial charge in [0.25, 0.3) is 5.56 Å². The second-order valence-corrected chi connectivity index (χ2v) is 6.31. The first-order valence-electron chi connectivity index (χ1n) is 8.37. The van der Waals surface area contributed by atoms with E-state index >= 15 is 0 Å². The van der Waals surface area contributed by atoms with Gasteiger partial charge in [-0.25, -0.2) is 4.68 Å². The van der Waals surface area contributed by atoms with Crippen LogP contribution in [0.5, 0.6) is 0 Å². The second-order valence-electron chi connectivity index (χ2n) is 6.31. The van der Waals surface area contributed by atoms with Crippen LogP contribution in [-0.4, -0.2) is 62.3 Å². The predicted octanol–water partition coefficient (Wildman–Crippen LogP) is 0.468. The lowest BCUT2D eigenvalue weighted by atomic mass is 10.3. The summed E-state index contributed by atoms with van der Waals surface area (Å²) in [4.78, 5) is 25.3. The zero-order valence-corrected chi connectivity index (χ0v) is 14.4. The molecular formula is C17H24N6O. The van der Waals surface area contributed by atoms with E-state index in [1.165, 1.54) is 0 Å². The fourth-order valence-corrected chi connectivity index (χ4v) is 2.94. The standard InChI is InChI=1S/C17H24N6O/c1-14-3-4-17(24)23(20-14)10-9-21-5-7-22(8-6-21)13-16-12-18-11-15(2)19-16/h3-4,11-12H,5-10,13H2,1-2H3. The molecule has 2 aromatic rings. The minimum absolute atomic E-state index is 0.0303. The Balaban J connectivity index is 1.47. The van der Waals surface area contributed by atoms with Gasteiger partial charge in [0.1, 0.15) is 0 Å². The lowest BCUT2D eigenvalue weighted by Gasteiger charge is -2.34. The minimum atomic E-state index is -0.0303. The number of rotatable bonds is 5. The van der Waals surface area contributed by atoms with Crippen LogP contribution >= 0.6 is 0 Å². The molecule has 0 atom stereocenters. The first kappa shape index (κ1) is 16.7. The van der Waals surface area contributed by atoms with Gasteiger partial charge < -0.3 is 0 Å². The van der Waals surface area contributed by atoms with E-state index in [1.54, 1.807) is 23.0 Å². The van der Waals surface area contributed by atoms with Gasteiger partial charge in [-0.1, -0.05) is 0 Å². The van der Waals surface area contributed by atoms with Gasteiger partial charge in [-0.2, -0.15) is 5.10 Å². The van der Waals surface area contributed by atoms with Gasteiger partial charge >= 0.3 is 0 Å². The maximum absolute atomic E-state index is 11.8. The average Bonchev–Trinajstić information content (AvgIpc) is 2.57. The Kier molecular flexibility index (Phi) is 5.32. The van der Waals surface area contributed by atoms with Crippen molar-refractivity contribution in [2.45, 2.75) is 26.9 Å². The van der Waals surface area contributed by atoms with Crippen LogP contribution in [0.15, 0.2) is 29.3 Å². The molecule has 1 fully saturated rings. The molecule has 0 amide bonds. The number of hydrogen-bond acceptors (Lipinski definition) is 6. The fraction of sp³-hybridized carbons (Fsp3) is 0.529. The maximum Gasteiger partial charge on any atom is 0.266 e. The summed E-state index contributed by atoms with van der Waals surface area (Å²) in [5.74, 6) is 0. The Morgan fingerprint density at radius 3 is 2.46 bits per heavy atom. The number of nitrogens with zero attached hydrogens (tertiary/aromatic N) is 6. The minimum Gasteiger partial charge on any atom is -0.299 e. The zero-order valence-electron chi connectivity index (χ0n) is 14.4. The van der Waals surface area contributed by atoms with Crippen molar-refractivity contribution in [2.24, 2.45) is 0 Å². The SMILES string of the molecule is Cc1cncc(CN2CCN(CCn3nc(C)ccc3=O)CC2)n1. The van der Waals surface area contributed by atoms with Crippen molar-refractivity contribution >= 4 is 0 Å². The van der Waals surface area contributed by atoms with E-state index in [4.69, 9.17) is 0 Å². The average molecular weight is 328 g/mol. The quantitative estimate of drug-likeness (QED) is 0.795. The molecule has 128 valence electrons. The van der Waals surface area contributed by atoms with Crippen LogP contribution in [-0.2, 0) is 13.1 Å². The summed E-state index contributed by atoms with van der Waals surface area (Å²) < 4.78 is 1.56. The summed E-state index contributed by atoms with van der Waals surface area (Å²) in [5.41, 5.74) is 2.83. The van der Waals surface area contributed by atoms with Crippen LogP contribution in [0.2, 0.25) is 0 Å². The Morgan fingerprint density at radius 1 is 0.958 bits per heavy atom. The third-order valence-corrected chi connectivity index (χ3v) is 4.28. The van der Waals surface area contributed by atoms with Crippen molar-refractivity contribution in [3.8, 4) is 0 Å². The number of aryl methyl sites for hydroxylation is 2. The summed E-state index contributed by atoms with van der Waals surface area (Å²) >= 11 is 0. The topological polar surface area (TPSA) is 67.2 Å². The molecule has 7 heteroatoms. The molecule has 1 aliphatic rings. The first-order chi connectivity index (χ1) is 11.6. The molecule has 7 nitrogen and oxygen atoms in total. The number of piperazine rings is 1. The summed E-state index contributed by atoms with van der Waals surface area (Å²) in [6, 6.07) is 3.34. The molecule has 0 aliphatic carbocycles. The van der Waals surface area contributed by atoms with Gasteiger partial charge in [-0.05, 0) is 19.9 Å². The van der Waals surface area contributed by atoms with Crippen molar-refractivity contribution in [3.63, 3.8) is 0 Å². The lowest BCUT2D eigenvalue weighted by Crippen LogP contribution is -2.47. The first-order valence-corrected chi connectivity index (χ1v) is 8.37.